The molecular formula is C13H10BrNO4. The molecule has 0 radical (unpaired) electrons. The van der Waals surface area contributed by atoms with Crippen molar-refractivity contribution < 1.29 is 14.4 Å². The Morgan fingerprint density at radius 3 is 2.53 bits per heavy atom. The second kappa shape index (κ2) is 5.71. The number of nitro groups is 1. The van der Waals surface area contributed by atoms with Crippen LogP contribution in [0.3, 0.4) is 0 Å². The molecule has 0 atom stereocenters. The molecule has 19 heavy (non-hydrogen) atoms. The molecule has 0 N–H and O–H groups in total. The van der Waals surface area contributed by atoms with Gasteiger partial charge in [0.15, 0.2) is 0 Å². The van der Waals surface area contributed by atoms with Crippen LogP contribution in [0.25, 0.3) is 0 Å². The van der Waals surface area contributed by atoms with Crippen LogP contribution in [0, 0.1) is 10.1 Å². The van der Waals surface area contributed by atoms with Crippen molar-refractivity contribution in [2.45, 2.75) is 0 Å². The normalized spacial score (nSPS) is 10.0. The van der Waals surface area contributed by atoms with E-state index in [2.05, 4.69) is 15.9 Å². The van der Waals surface area contributed by atoms with Crippen molar-refractivity contribution in [1.29, 1.82) is 0 Å². The summed E-state index contributed by atoms with van der Waals surface area (Å²) in [5.41, 5.74) is -0.143. The van der Waals surface area contributed by atoms with E-state index < -0.39 is 4.92 Å². The van der Waals surface area contributed by atoms with Crippen molar-refractivity contribution in [1.82, 2.24) is 0 Å². The van der Waals surface area contributed by atoms with Gasteiger partial charge in [-0.05, 0) is 40.2 Å². The Morgan fingerprint density at radius 2 is 1.89 bits per heavy atom. The van der Waals surface area contributed by atoms with E-state index >= 15 is 0 Å². The molecule has 0 aliphatic rings. The van der Waals surface area contributed by atoms with E-state index in [-0.39, 0.29) is 11.4 Å². The van der Waals surface area contributed by atoms with Gasteiger partial charge in [0.05, 0.1) is 22.6 Å². The fourth-order valence-corrected chi connectivity index (χ4v) is 1.86. The molecule has 0 heterocycles. The van der Waals surface area contributed by atoms with Crippen LogP contribution in [0.1, 0.15) is 0 Å². The Morgan fingerprint density at radius 1 is 1.16 bits per heavy atom. The third-order valence-electron chi connectivity index (χ3n) is 2.42. The highest BCUT2D eigenvalue weighted by Gasteiger charge is 2.17. The predicted octanol–water partition coefficient (Wildman–Crippen LogP) is 4.16. The van der Waals surface area contributed by atoms with Crippen LogP contribution in [0.5, 0.6) is 17.2 Å². The average molecular weight is 324 g/mol. The fourth-order valence-electron chi connectivity index (χ4n) is 1.50. The summed E-state index contributed by atoms with van der Waals surface area (Å²) in [5.74, 6) is 1.08. The van der Waals surface area contributed by atoms with E-state index in [4.69, 9.17) is 9.47 Å². The summed E-state index contributed by atoms with van der Waals surface area (Å²) >= 11 is 3.32. The van der Waals surface area contributed by atoms with Gasteiger partial charge in [-0.15, -0.1) is 0 Å². The van der Waals surface area contributed by atoms with Crippen molar-refractivity contribution in [3.8, 4) is 17.2 Å². The molecular weight excluding hydrogens is 314 g/mol. The van der Waals surface area contributed by atoms with Crippen molar-refractivity contribution >= 4 is 21.6 Å². The molecule has 6 heteroatoms. The summed E-state index contributed by atoms with van der Waals surface area (Å²) in [6.45, 7) is 0. The molecule has 0 bridgehead atoms. The Balaban J connectivity index is 2.40. The van der Waals surface area contributed by atoms with Crippen LogP contribution < -0.4 is 9.47 Å². The standard InChI is InChI=1S/C13H10BrNO4/c1-18-9-6-7-13(11(8-9)15(16)17)19-12-5-3-2-4-10(12)14/h2-8H,1H3. The lowest BCUT2D eigenvalue weighted by Crippen LogP contribution is -1.95. The highest BCUT2D eigenvalue weighted by Crippen LogP contribution is 2.36. The molecule has 0 aliphatic carbocycles. The monoisotopic (exact) mass is 323 g/mol. The topological polar surface area (TPSA) is 61.6 Å². The van der Waals surface area contributed by atoms with Gasteiger partial charge in [0, 0.05) is 0 Å². The number of nitrogens with zero attached hydrogens (tertiary/aromatic N) is 1. The van der Waals surface area contributed by atoms with Crippen molar-refractivity contribution in [3.05, 3.63) is 57.1 Å². The van der Waals surface area contributed by atoms with Gasteiger partial charge in [-0.2, -0.15) is 0 Å². The quantitative estimate of drug-likeness (QED) is 0.626. The molecule has 0 unspecified atom stereocenters. The molecule has 2 rings (SSSR count). The number of benzene rings is 2. The zero-order chi connectivity index (χ0) is 13.8. The zero-order valence-corrected chi connectivity index (χ0v) is 11.6. The molecule has 98 valence electrons. The van der Waals surface area contributed by atoms with Crippen LogP contribution in [0.4, 0.5) is 5.69 Å². The molecule has 0 spiro atoms. The van der Waals surface area contributed by atoms with Gasteiger partial charge in [-0.25, -0.2) is 0 Å². The number of para-hydroxylation sites is 1. The first kappa shape index (κ1) is 13.4. The zero-order valence-electron chi connectivity index (χ0n) is 10.00. The summed E-state index contributed by atoms with van der Waals surface area (Å²) in [5, 5.41) is 11.0. The maximum atomic E-state index is 11.0. The van der Waals surface area contributed by atoms with E-state index in [1.54, 1.807) is 24.3 Å². The third kappa shape index (κ3) is 3.03. The smallest absolute Gasteiger partial charge is 0.315 e. The number of nitro benzene ring substituents is 1. The molecule has 5 nitrogen and oxygen atoms in total. The van der Waals surface area contributed by atoms with Gasteiger partial charge in [-0.3, -0.25) is 10.1 Å². The minimum atomic E-state index is -0.505. The van der Waals surface area contributed by atoms with Gasteiger partial charge in [0.1, 0.15) is 11.5 Å². The molecule has 0 saturated heterocycles. The first-order valence-corrected chi connectivity index (χ1v) is 6.16. The second-order valence-electron chi connectivity index (χ2n) is 3.62. The van der Waals surface area contributed by atoms with Crippen LogP contribution in [0.15, 0.2) is 46.9 Å². The van der Waals surface area contributed by atoms with E-state index in [1.165, 1.54) is 19.2 Å². The van der Waals surface area contributed by atoms with Crippen molar-refractivity contribution in [2.75, 3.05) is 7.11 Å². The summed E-state index contributed by atoms with van der Waals surface area (Å²) in [6.07, 6.45) is 0. The molecule has 0 amide bonds. The maximum absolute atomic E-state index is 11.0. The molecule has 0 aliphatic heterocycles. The van der Waals surface area contributed by atoms with Crippen molar-refractivity contribution in [2.24, 2.45) is 0 Å². The SMILES string of the molecule is COc1ccc(Oc2ccccc2Br)c([N+](=O)[O-])c1. The maximum Gasteiger partial charge on any atom is 0.315 e. The molecule has 2 aromatic carbocycles. The van der Waals surface area contributed by atoms with E-state index in [0.717, 1.165) is 4.47 Å². The fraction of sp³-hybridized carbons (Fsp3) is 0.0769. The number of ether oxygens (including phenoxy) is 2. The summed E-state index contributed by atoms with van der Waals surface area (Å²) in [4.78, 5) is 10.5. The van der Waals surface area contributed by atoms with Gasteiger partial charge < -0.3 is 9.47 Å². The number of methoxy groups -OCH3 is 1. The Labute approximate surface area is 118 Å². The highest BCUT2D eigenvalue weighted by molar-refractivity contribution is 9.10. The predicted molar refractivity (Wildman–Crippen MR) is 73.9 cm³/mol. The lowest BCUT2D eigenvalue weighted by Gasteiger charge is -2.08. The Bertz CT molecular complexity index is 615. The van der Waals surface area contributed by atoms with Crippen LogP contribution in [-0.2, 0) is 0 Å². The number of rotatable bonds is 4. The first-order chi connectivity index (χ1) is 9.11. The molecule has 0 aromatic heterocycles. The third-order valence-corrected chi connectivity index (χ3v) is 3.07. The number of hydrogen-bond donors (Lipinski definition) is 0. The molecule has 0 saturated carbocycles. The van der Waals surface area contributed by atoms with E-state index in [9.17, 15) is 10.1 Å². The minimum absolute atomic E-state index is 0.143. The van der Waals surface area contributed by atoms with E-state index in [1.807, 2.05) is 6.07 Å². The van der Waals surface area contributed by atoms with Crippen LogP contribution >= 0.6 is 15.9 Å². The van der Waals surface area contributed by atoms with Crippen LogP contribution in [0.2, 0.25) is 0 Å². The Hall–Kier alpha value is -2.08. The Kier molecular flexibility index (Phi) is 4.01. The van der Waals surface area contributed by atoms with Gasteiger partial charge >= 0.3 is 5.69 Å². The number of hydrogen-bond acceptors (Lipinski definition) is 4. The van der Waals surface area contributed by atoms with E-state index in [0.29, 0.717) is 11.5 Å². The van der Waals surface area contributed by atoms with Gasteiger partial charge in [-0.1, -0.05) is 12.1 Å². The highest BCUT2D eigenvalue weighted by atomic mass is 79.9. The largest absolute Gasteiger partial charge is 0.496 e. The molecule has 0 fully saturated rings. The molecule has 2 aromatic rings. The summed E-state index contributed by atoms with van der Waals surface area (Å²) in [6, 6.07) is 11.6. The van der Waals surface area contributed by atoms with Crippen molar-refractivity contribution in [3.63, 3.8) is 0 Å². The van der Waals surface area contributed by atoms with Gasteiger partial charge in [0.25, 0.3) is 0 Å². The summed E-state index contributed by atoms with van der Waals surface area (Å²) in [7, 11) is 1.45. The first-order valence-electron chi connectivity index (χ1n) is 5.36. The van der Waals surface area contributed by atoms with Gasteiger partial charge in [0.2, 0.25) is 5.75 Å². The lowest BCUT2D eigenvalue weighted by atomic mass is 10.2. The number of halogens is 1. The lowest BCUT2D eigenvalue weighted by molar-refractivity contribution is -0.385. The van der Waals surface area contributed by atoms with Crippen LogP contribution in [-0.4, -0.2) is 12.0 Å². The average Bonchev–Trinajstić information content (AvgIpc) is 2.41. The minimum Gasteiger partial charge on any atom is -0.496 e. The summed E-state index contributed by atoms with van der Waals surface area (Å²) < 4.78 is 11.2. The second-order valence-corrected chi connectivity index (χ2v) is 4.48.